The van der Waals surface area contributed by atoms with Crippen LogP contribution in [0, 0.1) is 0 Å². The van der Waals surface area contributed by atoms with E-state index in [1.54, 1.807) is 6.26 Å². The molecule has 2 aromatic rings. The van der Waals surface area contributed by atoms with Crippen molar-refractivity contribution in [3.63, 3.8) is 0 Å². The summed E-state index contributed by atoms with van der Waals surface area (Å²) < 4.78 is 10.8. The Morgan fingerprint density at radius 3 is 2.67 bits per heavy atom. The second-order valence-corrected chi connectivity index (χ2v) is 5.73. The van der Waals surface area contributed by atoms with Crippen molar-refractivity contribution in [1.29, 1.82) is 0 Å². The Balaban J connectivity index is 2.31. The number of nitrogens with two attached hydrogens (primary N) is 1. The molecule has 0 aliphatic heterocycles. The Bertz CT molecular complexity index is 588. The minimum atomic E-state index is -0.194. The molecule has 2 aromatic heterocycles. The first kappa shape index (κ1) is 15.2. The van der Waals surface area contributed by atoms with E-state index in [4.69, 9.17) is 14.9 Å². The van der Waals surface area contributed by atoms with Gasteiger partial charge in [-0.25, -0.2) is 4.98 Å². The van der Waals surface area contributed by atoms with Gasteiger partial charge in [0.25, 0.3) is 0 Å². The lowest BCUT2D eigenvalue weighted by Gasteiger charge is -2.20. The molecule has 114 valence electrons. The van der Waals surface area contributed by atoms with Gasteiger partial charge in [0.2, 0.25) is 5.88 Å². The second kappa shape index (κ2) is 6.03. The zero-order chi connectivity index (χ0) is 15.5. The highest BCUT2D eigenvalue weighted by Gasteiger charge is 2.22. The molecule has 0 radical (unpaired) electrons. The van der Waals surface area contributed by atoms with Crippen LogP contribution in [0.1, 0.15) is 39.3 Å². The number of nitrogens with zero attached hydrogens (tertiary/aromatic N) is 2. The molecule has 6 nitrogen and oxygen atoms in total. The number of aromatic nitrogens is 2. The Morgan fingerprint density at radius 1 is 1.33 bits per heavy atom. The van der Waals surface area contributed by atoms with Crippen LogP contribution in [0.25, 0.3) is 0 Å². The monoisotopic (exact) mass is 290 g/mol. The van der Waals surface area contributed by atoms with E-state index in [1.807, 2.05) is 39.8 Å². The molecule has 2 heterocycles. The molecule has 0 amide bonds. The third-order valence-corrected chi connectivity index (χ3v) is 2.87. The molecule has 0 aliphatic carbocycles. The molecule has 0 fully saturated rings. The Kier molecular flexibility index (Phi) is 4.35. The quantitative estimate of drug-likeness (QED) is 0.880. The van der Waals surface area contributed by atoms with E-state index in [1.165, 1.54) is 0 Å². The molecule has 0 aliphatic rings. The number of ether oxygens (including phenoxy) is 1. The van der Waals surface area contributed by atoms with Crippen molar-refractivity contribution >= 4 is 11.5 Å². The van der Waals surface area contributed by atoms with Gasteiger partial charge in [0.1, 0.15) is 17.3 Å². The summed E-state index contributed by atoms with van der Waals surface area (Å²) in [4.78, 5) is 8.93. The molecule has 6 heteroatoms. The van der Waals surface area contributed by atoms with Crippen LogP contribution in [0.3, 0.4) is 0 Å². The first-order chi connectivity index (χ1) is 9.91. The third kappa shape index (κ3) is 3.65. The lowest BCUT2D eigenvalue weighted by Crippen LogP contribution is -2.19. The minimum absolute atomic E-state index is 0.194. The van der Waals surface area contributed by atoms with Gasteiger partial charge >= 0.3 is 0 Å². The predicted octanol–water partition coefficient (Wildman–Crippen LogP) is 2.96. The average Bonchev–Trinajstić information content (AvgIpc) is 2.91. The van der Waals surface area contributed by atoms with Crippen LogP contribution in [0.5, 0.6) is 5.88 Å². The predicted molar refractivity (Wildman–Crippen MR) is 82.3 cm³/mol. The summed E-state index contributed by atoms with van der Waals surface area (Å²) in [6, 6.07) is 3.73. The lowest BCUT2D eigenvalue weighted by molar-refractivity contribution is 0.324. The van der Waals surface area contributed by atoms with Crippen molar-refractivity contribution in [3.05, 3.63) is 30.0 Å². The average molecular weight is 290 g/mol. The third-order valence-electron chi connectivity index (χ3n) is 2.87. The van der Waals surface area contributed by atoms with Crippen molar-refractivity contribution in [1.82, 2.24) is 9.97 Å². The van der Waals surface area contributed by atoms with Gasteiger partial charge in [-0.1, -0.05) is 20.8 Å². The Hall–Kier alpha value is -2.24. The fourth-order valence-electron chi connectivity index (χ4n) is 1.75. The summed E-state index contributed by atoms with van der Waals surface area (Å²) in [5.41, 5.74) is 6.30. The maximum atomic E-state index is 6.08. The van der Waals surface area contributed by atoms with Gasteiger partial charge in [0.05, 0.1) is 19.4 Å². The molecule has 0 spiro atoms. The van der Waals surface area contributed by atoms with Crippen molar-refractivity contribution in [3.8, 4) is 5.88 Å². The van der Waals surface area contributed by atoms with Crippen LogP contribution in [-0.4, -0.2) is 16.6 Å². The normalized spacial score (nSPS) is 11.4. The highest BCUT2D eigenvalue weighted by Crippen LogP contribution is 2.30. The van der Waals surface area contributed by atoms with E-state index in [0.29, 0.717) is 36.4 Å². The smallest absolute Gasteiger partial charge is 0.242 e. The van der Waals surface area contributed by atoms with E-state index in [9.17, 15) is 0 Å². The van der Waals surface area contributed by atoms with Gasteiger partial charge < -0.3 is 20.2 Å². The number of nitrogen functional groups attached to an aromatic ring is 1. The molecule has 0 saturated carbocycles. The number of anilines is 2. The van der Waals surface area contributed by atoms with Crippen LogP contribution < -0.4 is 15.8 Å². The number of hydrogen-bond acceptors (Lipinski definition) is 6. The van der Waals surface area contributed by atoms with Crippen molar-refractivity contribution in [2.45, 2.75) is 39.7 Å². The number of hydrogen-bond donors (Lipinski definition) is 2. The maximum absolute atomic E-state index is 6.08. The Morgan fingerprint density at radius 2 is 2.10 bits per heavy atom. The van der Waals surface area contributed by atoms with Gasteiger partial charge in [-0.2, -0.15) is 4.98 Å². The van der Waals surface area contributed by atoms with Gasteiger partial charge in [0.15, 0.2) is 5.82 Å². The van der Waals surface area contributed by atoms with Crippen LogP contribution >= 0.6 is 0 Å². The molecular formula is C15H22N4O2. The van der Waals surface area contributed by atoms with Crippen molar-refractivity contribution < 1.29 is 9.15 Å². The van der Waals surface area contributed by atoms with Gasteiger partial charge in [-0.05, 0) is 19.1 Å². The van der Waals surface area contributed by atoms with E-state index in [2.05, 4.69) is 15.3 Å². The summed E-state index contributed by atoms with van der Waals surface area (Å²) in [5.74, 6) is 2.47. The van der Waals surface area contributed by atoms with Gasteiger partial charge in [0, 0.05) is 5.41 Å². The molecule has 0 atom stereocenters. The molecule has 0 saturated heterocycles. The minimum Gasteiger partial charge on any atom is -0.476 e. The summed E-state index contributed by atoms with van der Waals surface area (Å²) >= 11 is 0. The molecular weight excluding hydrogens is 268 g/mol. The van der Waals surface area contributed by atoms with E-state index in [0.717, 1.165) is 5.76 Å². The molecule has 0 aromatic carbocycles. The summed E-state index contributed by atoms with van der Waals surface area (Å²) in [7, 11) is 0. The molecule has 0 unspecified atom stereocenters. The zero-order valence-electron chi connectivity index (χ0n) is 12.9. The fourth-order valence-corrected chi connectivity index (χ4v) is 1.75. The van der Waals surface area contributed by atoms with Crippen LogP contribution in [0.4, 0.5) is 11.5 Å². The maximum Gasteiger partial charge on any atom is 0.242 e. The first-order valence-electron chi connectivity index (χ1n) is 6.99. The van der Waals surface area contributed by atoms with Crippen LogP contribution in [0.15, 0.2) is 22.8 Å². The van der Waals surface area contributed by atoms with Crippen LogP contribution in [0.2, 0.25) is 0 Å². The number of rotatable bonds is 5. The highest BCUT2D eigenvalue weighted by molar-refractivity contribution is 5.67. The molecule has 0 bridgehead atoms. The standard InChI is InChI=1S/C15H22N4O2/c1-5-20-13-11(16)12(17-9-10-7-6-8-21-10)18-14(19-13)15(2,3)4/h6-8H,5,9,16H2,1-4H3,(H,17,18,19). The summed E-state index contributed by atoms with van der Waals surface area (Å²) in [5, 5.41) is 3.18. The van der Waals surface area contributed by atoms with E-state index < -0.39 is 0 Å². The largest absolute Gasteiger partial charge is 0.476 e. The SMILES string of the molecule is CCOc1nc(C(C)(C)C)nc(NCc2ccco2)c1N. The van der Waals surface area contributed by atoms with Crippen LogP contribution in [-0.2, 0) is 12.0 Å². The fraction of sp³-hybridized carbons (Fsp3) is 0.467. The summed E-state index contributed by atoms with van der Waals surface area (Å²) in [6.45, 7) is 9.04. The van der Waals surface area contributed by atoms with Crippen molar-refractivity contribution in [2.75, 3.05) is 17.7 Å². The van der Waals surface area contributed by atoms with E-state index in [-0.39, 0.29) is 5.41 Å². The van der Waals surface area contributed by atoms with Gasteiger partial charge in [-0.15, -0.1) is 0 Å². The number of furan rings is 1. The number of nitrogens with one attached hydrogen (secondary N) is 1. The topological polar surface area (TPSA) is 86.2 Å². The first-order valence-corrected chi connectivity index (χ1v) is 6.99. The van der Waals surface area contributed by atoms with Crippen molar-refractivity contribution in [2.24, 2.45) is 0 Å². The zero-order valence-corrected chi connectivity index (χ0v) is 12.9. The summed E-state index contributed by atoms with van der Waals surface area (Å²) in [6.07, 6.45) is 1.63. The highest BCUT2D eigenvalue weighted by atomic mass is 16.5. The molecule has 3 N–H and O–H groups in total. The molecule has 21 heavy (non-hydrogen) atoms. The van der Waals surface area contributed by atoms with Gasteiger partial charge in [-0.3, -0.25) is 0 Å². The second-order valence-electron chi connectivity index (χ2n) is 5.73. The van der Waals surface area contributed by atoms with E-state index >= 15 is 0 Å². The lowest BCUT2D eigenvalue weighted by atomic mass is 9.96. The molecule has 2 rings (SSSR count). The Labute approximate surface area is 124 Å².